The van der Waals surface area contributed by atoms with E-state index in [-0.39, 0.29) is 36.5 Å². The van der Waals surface area contributed by atoms with Crippen molar-refractivity contribution in [1.29, 1.82) is 0 Å². The van der Waals surface area contributed by atoms with Gasteiger partial charge in [-0.2, -0.15) is 0 Å². The van der Waals surface area contributed by atoms with Gasteiger partial charge >= 0.3 is 5.97 Å². The predicted molar refractivity (Wildman–Crippen MR) is 85.6 cm³/mol. The van der Waals surface area contributed by atoms with Crippen molar-refractivity contribution in [1.82, 2.24) is 5.32 Å². The zero-order valence-corrected chi connectivity index (χ0v) is 13.8. The van der Waals surface area contributed by atoms with Crippen molar-refractivity contribution in [2.24, 2.45) is 0 Å². The lowest BCUT2D eigenvalue weighted by Crippen LogP contribution is -2.38. The monoisotopic (exact) mass is 339 g/mol. The number of nitrogens with one attached hydrogen (secondary N) is 1. The summed E-state index contributed by atoms with van der Waals surface area (Å²) in [6.45, 7) is 1.54. The van der Waals surface area contributed by atoms with Crippen LogP contribution in [0.15, 0.2) is 30.3 Å². The molecule has 0 saturated carbocycles. The van der Waals surface area contributed by atoms with Gasteiger partial charge in [0, 0.05) is 6.04 Å². The Hall–Kier alpha value is -1.89. The smallest absolute Gasteiger partial charge is 0.306 e. The summed E-state index contributed by atoms with van der Waals surface area (Å²) in [5, 5.41) is 2.58. The Morgan fingerprint density at radius 3 is 2.61 bits per heavy atom. The highest BCUT2D eigenvalue weighted by Gasteiger charge is 2.29. The Kier molecular flexibility index (Phi) is 5.76. The van der Waals surface area contributed by atoms with Crippen molar-refractivity contribution in [3.63, 3.8) is 0 Å². The van der Waals surface area contributed by atoms with E-state index in [4.69, 9.17) is 4.74 Å². The van der Waals surface area contributed by atoms with Gasteiger partial charge in [0.05, 0.1) is 17.9 Å². The second-order valence-corrected chi connectivity index (χ2v) is 8.07. The molecule has 2 atom stereocenters. The molecule has 1 aromatic rings. The molecule has 23 heavy (non-hydrogen) atoms. The Morgan fingerprint density at radius 2 is 2.00 bits per heavy atom. The van der Waals surface area contributed by atoms with Gasteiger partial charge in [0.25, 0.3) is 5.91 Å². The molecule has 1 N–H and O–H groups in total. The summed E-state index contributed by atoms with van der Waals surface area (Å²) in [4.78, 5) is 23.5. The first-order valence-corrected chi connectivity index (χ1v) is 9.38. The number of rotatable bonds is 6. The van der Waals surface area contributed by atoms with E-state index in [0.717, 1.165) is 5.56 Å². The normalized spacial score (nSPS) is 20.7. The van der Waals surface area contributed by atoms with Crippen molar-refractivity contribution >= 4 is 21.7 Å². The molecular weight excluding hydrogens is 318 g/mol. The van der Waals surface area contributed by atoms with E-state index in [1.165, 1.54) is 0 Å². The molecule has 126 valence electrons. The van der Waals surface area contributed by atoms with Gasteiger partial charge in [-0.05, 0) is 17.9 Å². The third-order valence-electron chi connectivity index (χ3n) is 3.80. The van der Waals surface area contributed by atoms with Crippen LogP contribution in [0.2, 0.25) is 0 Å². The lowest BCUT2D eigenvalue weighted by atomic mass is 9.98. The number of carbonyl (C=O) groups excluding carboxylic acids is 2. The molecule has 1 saturated heterocycles. The highest BCUT2D eigenvalue weighted by Crippen LogP contribution is 2.18. The van der Waals surface area contributed by atoms with E-state index in [0.29, 0.717) is 6.42 Å². The third-order valence-corrected chi connectivity index (χ3v) is 5.57. The Labute approximate surface area is 136 Å². The number of benzene rings is 1. The predicted octanol–water partition coefficient (Wildman–Crippen LogP) is 1.03. The molecular formula is C16H21NO5S. The molecule has 1 aromatic carbocycles. The van der Waals surface area contributed by atoms with Gasteiger partial charge in [0.2, 0.25) is 0 Å². The molecule has 1 aliphatic heterocycles. The fourth-order valence-corrected chi connectivity index (χ4v) is 4.21. The van der Waals surface area contributed by atoms with E-state index in [1.807, 2.05) is 37.3 Å². The minimum atomic E-state index is -3.04. The van der Waals surface area contributed by atoms with Gasteiger partial charge in [-0.15, -0.1) is 0 Å². The van der Waals surface area contributed by atoms with E-state index in [2.05, 4.69) is 5.32 Å². The molecule has 0 aliphatic carbocycles. The summed E-state index contributed by atoms with van der Waals surface area (Å²) in [7, 11) is -3.04. The number of hydrogen-bond donors (Lipinski definition) is 1. The topological polar surface area (TPSA) is 89.5 Å². The van der Waals surface area contributed by atoms with Gasteiger partial charge in [-0.3, -0.25) is 9.59 Å². The van der Waals surface area contributed by atoms with E-state index in [1.54, 1.807) is 0 Å². The van der Waals surface area contributed by atoms with Gasteiger partial charge < -0.3 is 10.1 Å². The first-order chi connectivity index (χ1) is 10.9. The molecule has 1 heterocycles. The largest absolute Gasteiger partial charge is 0.456 e. The van der Waals surface area contributed by atoms with Crippen molar-refractivity contribution in [3.8, 4) is 0 Å². The molecule has 0 aromatic heterocycles. The zero-order valence-electron chi connectivity index (χ0n) is 13.0. The fraction of sp³-hybridized carbons (Fsp3) is 0.500. The van der Waals surface area contributed by atoms with Crippen LogP contribution in [0.3, 0.4) is 0 Å². The quantitative estimate of drug-likeness (QED) is 0.782. The number of esters is 1. The summed E-state index contributed by atoms with van der Waals surface area (Å²) in [5.41, 5.74) is 1.03. The van der Waals surface area contributed by atoms with Gasteiger partial charge in [-0.25, -0.2) is 8.42 Å². The van der Waals surface area contributed by atoms with Crippen LogP contribution in [0.1, 0.15) is 31.2 Å². The van der Waals surface area contributed by atoms with Crippen LogP contribution in [0, 0.1) is 0 Å². The molecule has 0 unspecified atom stereocenters. The number of carbonyl (C=O) groups is 2. The molecule has 0 spiro atoms. The summed E-state index contributed by atoms with van der Waals surface area (Å²) >= 11 is 0. The van der Waals surface area contributed by atoms with Crippen molar-refractivity contribution in [2.45, 2.75) is 31.7 Å². The average molecular weight is 339 g/mol. The molecule has 0 radical (unpaired) electrons. The number of sulfone groups is 1. The van der Waals surface area contributed by atoms with Crippen molar-refractivity contribution in [2.75, 3.05) is 18.1 Å². The second-order valence-electron chi connectivity index (χ2n) is 5.84. The van der Waals surface area contributed by atoms with Crippen LogP contribution in [0.25, 0.3) is 0 Å². The van der Waals surface area contributed by atoms with E-state index in [9.17, 15) is 18.0 Å². The van der Waals surface area contributed by atoms with Crippen LogP contribution in [0.5, 0.6) is 0 Å². The summed E-state index contributed by atoms with van der Waals surface area (Å²) in [6.07, 6.45) is 0.599. The van der Waals surface area contributed by atoms with Crippen LogP contribution in [0.4, 0.5) is 0 Å². The minimum Gasteiger partial charge on any atom is -0.456 e. The molecule has 1 aliphatic rings. The van der Waals surface area contributed by atoms with Gasteiger partial charge in [0.15, 0.2) is 16.4 Å². The first-order valence-electron chi connectivity index (χ1n) is 7.56. The third kappa shape index (κ3) is 5.67. The zero-order chi connectivity index (χ0) is 16.9. The average Bonchev–Trinajstić information content (AvgIpc) is 2.85. The Bertz CT molecular complexity index is 656. The van der Waals surface area contributed by atoms with Gasteiger partial charge in [-0.1, -0.05) is 37.3 Å². The lowest BCUT2D eigenvalue weighted by Gasteiger charge is -2.13. The minimum absolute atomic E-state index is 0.00624. The number of amides is 1. The van der Waals surface area contributed by atoms with Gasteiger partial charge in [0.1, 0.15) is 0 Å². The van der Waals surface area contributed by atoms with Crippen LogP contribution in [-0.2, 0) is 24.2 Å². The van der Waals surface area contributed by atoms with Crippen molar-refractivity contribution < 1.29 is 22.7 Å². The van der Waals surface area contributed by atoms with Crippen LogP contribution < -0.4 is 5.32 Å². The van der Waals surface area contributed by atoms with Crippen LogP contribution >= 0.6 is 0 Å². The summed E-state index contributed by atoms with van der Waals surface area (Å²) in [6, 6.07) is 9.20. The standard InChI is InChI=1S/C16H21NO5S/c1-12(13-5-3-2-4-6-13)9-16(19)22-10-15(18)17-14-7-8-23(20,21)11-14/h2-6,12,14H,7-11H2,1H3,(H,17,18)/t12-,14-/m0/s1. The van der Waals surface area contributed by atoms with Crippen molar-refractivity contribution in [3.05, 3.63) is 35.9 Å². The number of hydrogen-bond acceptors (Lipinski definition) is 5. The maximum Gasteiger partial charge on any atom is 0.306 e. The van der Waals surface area contributed by atoms with E-state index >= 15 is 0 Å². The van der Waals surface area contributed by atoms with Crippen LogP contribution in [-0.4, -0.2) is 44.4 Å². The molecule has 6 nitrogen and oxygen atoms in total. The highest BCUT2D eigenvalue weighted by molar-refractivity contribution is 7.91. The SMILES string of the molecule is C[C@@H](CC(=O)OCC(=O)N[C@H]1CCS(=O)(=O)C1)c1ccccc1. The maximum atomic E-state index is 11.8. The fourth-order valence-electron chi connectivity index (χ4n) is 2.53. The first kappa shape index (κ1) is 17.5. The Balaban J connectivity index is 1.71. The maximum absolute atomic E-state index is 11.8. The molecule has 0 bridgehead atoms. The summed E-state index contributed by atoms with van der Waals surface area (Å²) in [5.74, 6) is -0.862. The lowest BCUT2D eigenvalue weighted by molar-refractivity contribution is -0.149. The number of ether oxygens (including phenoxy) is 1. The Morgan fingerprint density at radius 1 is 1.30 bits per heavy atom. The highest BCUT2D eigenvalue weighted by atomic mass is 32.2. The molecule has 1 amide bonds. The molecule has 7 heteroatoms. The van der Waals surface area contributed by atoms with E-state index < -0.39 is 21.7 Å². The summed E-state index contributed by atoms with van der Waals surface area (Å²) < 4.78 is 27.6. The molecule has 1 fully saturated rings. The molecule has 2 rings (SSSR count). The second kappa shape index (κ2) is 7.59.